The van der Waals surface area contributed by atoms with Crippen LogP contribution in [0.4, 0.5) is 11.6 Å². The molecule has 1 amide bonds. The molecule has 2 saturated heterocycles. The molecule has 0 spiro atoms. The van der Waals surface area contributed by atoms with E-state index in [-0.39, 0.29) is 35.6 Å². The van der Waals surface area contributed by atoms with Crippen molar-refractivity contribution in [3.05, 3.63) is 84.0 Å². The lowest BCUT2D eigenvalue weighted by Crippen LogP contribution is -2.47. The number of carbonyl (C=O) groups is 2. The van der Waals surface area contributed by atoms with E-state index in [4.69, 9.17) is 30.2 Å². The lowest BCUT2D eigenvalue weighted by atomic mass is 10.0. The third-order valence-corrected chi connectivity index (χ3v) is 12.5. The van der Waals surface area contributed by atoms with Gasteiger partial charge in [-0.15, -0.1) is 6.58 Å². The van der Waals surface area contributed by atoms with Gasteiger partial charge in [-0.25, -0.2) is 29.1 Å². The minimum absolute atomic E-state index is 0.00400. The Labute approximate surface area is 346 Å². The van der Waals surface area contributed by atoms with Gasteiger partial charge in [0.25, 0.3) is 0 Å². The number of phosphoric ester groups is 1. The van der Waals surface area contributed by atoms with Crippen molar-refractivity contribution in [1.82, 2.24) is 34.0 Å². The predicted octanol–water partition coefficient (Wildman–Crippen LogP) is -0.218. The van der Waals surface area contributed by atoms with E-state index in [9.17, 15) is 48.4 Å². The molecule has 0 bridgehead atoms. The highest BCUT2D eigenvalue weighted by Crippen LogP contribution is 2.56. The Hall–Kier alpha value is -4.97. The number of allylic oxidation sites excluding steroid dienone is 1. The van der Waals surface area contributed by atoms with Crippen LogP contribution in [0.5, 0.6) is 0 Å². The maximum absolute atomic E-state index is 14.2. The highest BCUT2D eigenvalue weighted by atomic mass is 31.2. The molecule has 5 heterocycles. The number of imidazole rings is 1. The van der Waals surface area contributed by atoms with Crippen LogP contribution in [0.1, 0.15) is 37.3 Å². The lowest BCUT2D eigenvalue weighted by Gasteiger charge is -2.30. The van der Waals surface area contributed by atoms with E-state index in [1.165, 1.54) is 28.9 Å². The molecule has 61 heavy (non-hydrogen) atoms. The van der Waals surface area contributed by atoms with Crippen LogP contribution in [0.15, 0.2) is 72.7 Å². The number of carbonyl (C=O) groups excluding carboxylic acids is 2. The Morgan fingerprint density at radius 2 is 1.67 bits per heavy atom. The average molecular weight is 894 g/mol. The third kappa shape index (κ3) is 10.4. The number of aromatic nitrogens is 6. The molecule has 0 saturated carbocycles. The Kier molecular flexibility index (Phi) is 14.2. The standard InChI is InChI=1S/C35H45N9O15P2/c1-3-4-10-24(45)42(2)20(12-11-19-8-6-5-7-9-19)34(48)59-28-21(57-32(26(28)46)44-18-40-25-30(37)38-17-39-31(25)44)15-55-60(50,51)29-22(16-56-61(52,53)54)58-33(27(29)47)43-14-13-23(36)41-35(43)49/h3,5-9,13-14,17-18,20-22,26-29,32-33,46-47H,1,4,10-12,15-16H2,2H3,(H,50,51)(H2,36,41,49)(H2,37,38,39)(H2,52,53,54)/t20?,21-,22-,26-,27-,28-,29-,32-,33-/m1/s1. The summed E-state index contributed by atoms with van der Waals surface area (Å²) in [7, 11) is -9.04. The fourth-order valence-electron chi connectivity index (χ4n) is 7.05. The fourth-order valence-corrected chi connectivity index (χ4v) is 9.03. The summed E-state index contributed by atoms with van der Waals surface area (Å²) in [6, 6.07) is 9.12. The molecule has 24 nitrogen and oxygen atoms in total. The van der Waals surface area contributed by atoms with E-state index in [0.29, 0.717) is 12.8 Å². The number of nitrogens with two attached hydrogens (primary N) is 2. The number of aliphatic hydroxyl groups excluding tert-OH is 2. The summed E-state index contributed by atoms with van der Waals surface area (Å²) in [4.78, 5) is 87.3. The monoisotopic (exact) mass is 893 g/mol. The number of likely N-dealkylation sites (N-methyl/N-ethyl adjacent to an activating group) is 1. The van der Waals surface area contributed by atoms with E-state index in [0.717, 1.165) is 22.7 Å². The zero-order valence-corrected chi connectivity index (χ0v) is 34.2. The maximum Gasteiger partial charge on any atom is 0.469 e. The van der Waals surface area contributed by atoms with Crippen LogP contribution in [0.3, 0.4) is 0 Å². The van der Waals surface area contributed by atoms with Gasteiger partial charge in [0.2, 0.25) is 5.91 Å². The van der Waals surface area contributed by atoms with Crippen LogP contribution in [0, 0.1) is 0 Å². The van der Waals surface area contributed by atoms with E-state index >= 15 is 0 Å². The minimum Gasteiger partial charge on any atom is -0.455 e. The number of anilines is 2. The number of aliphatic hydroxyl groups is 2. The first kappa shape index (κ1) is 45.6. The first-order valence-corrected chi connectivity index (χ1v) is 21.8. The molecular weight excluding hydrogens is 848 g/mol. The number of benzene rings is 1. The molecule has 2 unspecified atom stereocenters. The number of rotatable bonds is 18. The Morgan fingerprint density at radius 1 is 0.984 bits per heavy atom. The van der Waals surface area contributed by atoms with Crippen molar-refractivity contribution >= 4 is 50.1 Å². The highest BCUT2D eigenvalue weighted by molar-refractivity contribution is 7.53. The van der Waals surface area contributed by atoms with Crippen LogP contribution < -0.4 is 17.2 Å². The van der Waals surface area contributed by atoms with E-state index in [1.54, 1.807) is 6.08 Å². The number of fused-ring (bicyclic) bond motifs is 1. The number of nitrogens with zero attached hydrogens (tertiary/aromatic N) is 7. The van der Waals surface area contributed by atoms with Gasteiger partial charge in [-0.1, -0.05) is 36.4 Å². The normalized spacial score (nSPS) is 25.5. The number of hydrogen-bond donors (Lipinski definition) is 7. The minimum atomic E-state index is -5.27. The Balaban J connectivity index is 1.30. The third-order valence-electron chi connectivity index (χ3n) is 10.1. The van der Waals surface area contributed by atoms with Gasteiger partial charge >= 0.3 is 27.1 Å². The number of amides is 1. The summed E-state index contributed by atoms with van der Waals surface area (Å²) in [6.07, 6.45) is -6.25. The second kappa shape index (κ2) is 19.0. The number of esters is 1. The molecule has 330 valence electrons. The number of aryl methyl sites for hydroxylation is 1. The van der Waals surface area contributed by atoms with E-state index in [1.807, 2.05) is 30.3 Å². The largest absolute Gasteiger partial charge is 0.469 e. The van der Waals surface area contributed by atoms with Gasteiger partial charge in [0.05, 0.1) is 19.5 Å². The fraction of sp³-hybridized carbons (Fsp3) is 0.457. The van der Waals surface area contributed by atoms with Crippen LogP contribution in [0.25, 0.3) is 11.2 Å². The summed E-state index contributed by atoms with van der Waals surface area (Å²) in [5.74, 6) is -1.55. The molecule has 26 heteroatoms. The number of nitrogen functional groups attached to an aromatic ring is 2. The predicted molar refractivity (Wildman–Crippen MR) is 211 cm³/mol. The molecule has 0 aliphatic carbocycles. The Morgan fingerprint density at radius 3 is 2.36 bits per heavy atom. The summed E-state index contributed by atoms with van der Waals surface area (Å²) >= 11 is 0. The van der Waals surface area contributed by atoms with Gasteiger partial charge in [-0.05, 0) is 30.9 Å². The van der Waals surface area contributed by atoms with E-state index in [2.05, 4.69) is 31.0 Å². The summed E-state index contributed by atoms with van der Waals surface area (Å²) in [5.41, 5.74) is 9.56. The first-order chi connectivity index (χ1) is 28.9. The van der Waals surface area contributed by atoms with Crippen LogP contribution in [0.2, 0.25) is 0 Å². The zero-order chi connectivity index (χ0) is 44.2. The van der Waals surface area contributed by atoms with Crippen LogP contribution >= 0.6 is 15.4 Å². The van der Waals surface area contributed by atoms with Crippen LogP contribution in [-0.2, 0) is 48.4 Å². The van der Waals surface area contributed by atoms with E-state index < -0.39 is 101 Å². The molecule has 2 aliphatic heterocycles. The second-order valence-corrected chi connectivity index (χ2v) is 17.4. The smallest absolute Gasteiger partial charge is 0.455 e. The van der Waals surface area contributed by atoms with Gasteiger partial charge in [-0.2, -0.15) is 4.98 Å². The molecule has 4 aromatic rings. The molecular formula is C35H45N9O15P2. The molecule has 0 radical (unpaired) electrons. The molecule has 6 rings (SSSR count). The van der Waals surface area contributed by atoms with Gasteiger partial charge in [0, 0.05) is 19.7 Å². The molecule has 9 N–H and O–H groups in total. The maximum atomic E-state index is 14.2. The first-order valence-electron chi connectivity index (χ1n) is 18.6. The lowest BCUT2D eigenvalue weighted by molar-refractivity contribution is -0.165. The van der Waals surface area contributed by atoms with Crippen molar-refractivity contribution in [3.63, 3.8) is 0 Å². The van der Waals surface area contributed by atoms with Gasteiger partial charge in [0.1, 0.15) is 53.8 Å². The number of hydrogen-bond acceptors (Lipinski definition) is 18. The van der Waals surface area contributed by atoms with Gasteiger partial charge in [0.15, 0.2) is 30.0 Å². The number of ether oxygens (including phenoxy) is 3. The van der Waals surface area contributed by atoms with Crippen LogP contribution in [-0.4, -0.2) is 133 Å². The molecule has 2 fully saturated rings. The SMILES string of the molecule is C=CCCC(=O)N(C)C(CCc1ccccc1)C(=O)O[C@H]1[C@@H](O)[C@H](n2cnc3c(N)ncnc32)O[C@@H]1COP(=O)(O)[C@H]1[C@@H](O)[C@H](n2ccc(N)nc2=O)O[C@@H]1COP(=O)(O)O. The second-order valence-electron chi connectivity index (χ2n) is 14.1. The van der Waals surface area contributed by atoms with Crippen molar-refractivity contribution in [2.45, 2.75) is 80.4 Å². The van der Waals surface area contributed by atoms with Crippen molar-refractivity contribution in [2.24, 2.45) is 0 Å². The molecule has 1 aromatic carbocycles. The van der Waals surface area contributed by atoms with Crippen molar-refractivity contribution in [1.29, 1.82) is 0 Å². The quantitative estimate of drug-likeness (QED) is 0.0386. The molecule has 2 aliphatic rings. The zero-order valence-electron chi connectivity index (χ0n) is 32.4. The van der Waals surface area contributed by atoms with Crippen molar-refractivity contribution in [2.75, 3.05) is 31.7 Å². The molecule has 10 atom stereocenters. The highest BCUT2D eigenvalue weighted by Gasteiger charge is 2.56. The number of phosphoric acid groups is 1. The summed E-state index contributed by atoms with van der Waals surface area (Å²) in [6.45, 7) is 1.65. The topological polar surface area (TPSA) is 349 Å². The Bertz CT molecular complexity index is 2370. The summed E-state index contributed by atoms with van der Waals surface area (Å²) in [5, 5.41) is 23.2. The van der Waals surface area contributed by atoms with Crippen molar-refractivity contribution in [3.8, 4) is 0 Å². The molecule has 3 aromatic heterocycles. The van der Waals surface area contributed by atoms with Crippen molar-refractivity contribution < 1.29 is 66.9 Å². The van der Waals surface area contributed by atoms with Gasteiger partial charge < -0.3 is 60.0 Å². The van der Waals surface area contributed by atoms with Gasteiger partial charge in [-0.3, -0.25) is 23.0 Å². The summed E-state index contributed by atoms with van der Waals surface area (Å²) < 4.78 is 55.5. The average Bonchev–Trinajstić information content (AvgIpc) is 3.89.